The Morgan fingerprint density at radius 1 is 1.25 bits per heavy atom. The minimum atomic E-state index is -0.292. The molecule has 0 saturated carbocycles. The highest BCUT2D eigenvalue weighted by Gasteiger charge is 2.08. The van der Waals surface area contributed by atoms with Crippen LogP contribution in [0, 0.1) is 0 Å². The van der Waals surface area contributed by atoms with E-state index in [-0.39, 0.29) is 5.91 Å². The van der Waals surface area contributed by atoms with E-state index in [0.717, 1.165) is 30.1 Å². The number of carbonyl (C=O) groups is 1. The van der Waals surface area contributed by atoms with Crippen LogP contribution in [0.25, 0.3) is 0 Å². The van der Waals surface area contributed by atoms with Crippen LogP contribution in [0.15, 0.2) is 24.3 Å². The van der Waals surface area contributed by atoms with Crippen molar-refractivity contribution in [2.24, 2.45) is 5.84 Å². The standard InChI is InChI=1S/C14H19N5O/c1-3-12-16-13(4-2)19(18-12)9-10-5-7-11(8-6-10)14(20)17-15/h5-8H,3-4,9,15H2,1-2H3,(H,17,20). The third-order valence-corrected chi connectivity index (χ3v) is 3.10. The number of hydrogen-bond donors (Lipinski definition) is 2. The maximum absolute atomic E-state index is 11.4. The van der Waals surface area contributed by atoms with Crippen molar-refractivity contribution >= 4 is 5.91 Å². The molecule has 1 heterocycles. The molecule has 106 valence electrons. The smallest absolute Gasteiger partial charge is 0.265 e. The van der Waals surface area contributed by atoms with Crippen LogP contribution in [0.1, 0.15) is 41.4 Å². The summed E-state index contributed by atoms with van der Waals surface area (Å²) < 4.78 is 1.91. The Morgan fingerprint density at radius 3 is 2.50 bits per heavy atom. The summed E-state index contributed by atoms with van der Waals surface area (Å²) >= 11 is 0. The molecule has 2 rings (SSSR count). The predicted molar refractivity (Wildman–Crippen MR) is 76.0 cm³/mol. The number of aromatic nitrogens is 3. The topological polar surface area (TPSA) is 85.8 Å². The molecule has 0 bridgehead atoms. The van der Waals surface area contributed by atoms with E-state index in [0.29, 0.717) is 12.1 Å². The summed E-state index contributed by atoms with van der Waals surface area (Å²) in [4.78, 5) is 15.8. The van der Waals surface area contributed by atoms with Crippen LogP contribution in [0.4, 0.5) is 0 Å². The van der Waals surface area contributed by atoms with Gasteiger partial charge in [-0.15, -0.1) is 0 Å². The monoisotopic (exact) mass is 273 g/mol. The van der Waals surface area contributed by atoms with Gasteiger partial charge in [0.25, 0.3) is 5.91 Å². The molecule has 0 fully saturated rings. The normalized spacial score (nSPS) is 10.6. The van der Waals surface area contributed by atoms with Gasteiger partial charge in [0.05, 0.1) is 6.54 Å². The number of rotatable bonds is 5. The number of carbonyl (C=O) groups excluding carboxylic acids is 1. The fourth-order valence-electron chi connectivity index (χ4n) is 1.98. The summed E-state index contributed by atoms with van der Waals surface area (Å²) in [7, 11) is 0. The van der Waals surface area contributed by atoms with Crippen molar-refractivity contribution in [3.05, 3.63) is 47.0 Å². The minimum Gasteiger partial charge on any atom is -0.290 e. The summed E-state index contributed by atoms with van der Waals surface area (Å²) in [5.41, 5.74) is 3.72. The summed E-state index contributed by atoms with van der Waals surface area (Å²) in [6.45, 7) is 4.76. The van der Waals surface area contributed by atoms with Crippen molar-refractivity contribution in [2.45, 2.75) is 33.2 Å². The molecule has 20 heavy (non-hydrogen) atoms. The van der Waals surface area contributed by atoms with Crippen molar-refractivity contribution in [1.82, 2.24) is 20.2 Å². The molecule has 6 nitrogen and oxygen atoms in total. The molecule has 0 spiro atoms. The van der Waals surface area contributed by atoms with E-state index in [1.165, 1.54) is 0 Å². The molecule has 2 aromatic rings. The van der Waals surface area contributed by atoms with E-state index in [9.17, 15) is 4.79 Å². The van der Waals surface area contributed by atoms with Gasteiger partial charge in [-0.05, 0) is 17.7 Å². The van der Waals surface area contributed by atoms with Crippen LogP contribution in [0.2, 0.25) is 0 Å². The van der Waals surface area contributed by atoms with Crippen molar-refractivity contribution < 1.29 is 4.79 Å². The molecule has 0 atom stereocenters. The summed E-state index contributed by atoms with van der Waals surface area (Å²) in [6.07, 6.45) is 1.68. The molecular formula is C14H19N5O. The molecule has 0 radical (unpaired) electrons. The Bertz CT molecular complexity index is 588. The van der Waals surface area contributed by atoms with Crippen molar-refractivity contribution in [2.75, 3.05) is 0 Å². The van der Waals surface area contributed by atoms with Gasteiger partial charge in [-0.2, -0.15) is 5.10 Å². The van der Waals surface area contributed by atoms with Gasteiger partial charge in [0.1, 0.15) is 5.82 Å². The molecule has 0 saturated heterocycles. The summed E-state index contributed by atoms with van der Waals surface area (Å²) in [5, 5.41) is 4.47. The molecular weight excluding hydrogens is 254 g/mol. The predicted octanol–water partition coefficient (Wildman–Crippen LogP) is 1.05. The van der Waals surface area contributed by atoms with Crippen LogP contribution >= 0.6 is 0 Å². The highest BCUT2D eigenvalue weighted by atomic mass is 16.2. The molecule has 6 heteroatoms. The van der Waals surface area contributed by atoms with Gasteiger partial charge >= 0.3 is 0 Å². The largest absolute Gasteiger partial charge is 0.290 e. The Balaban J connectivity index is 2.17. The van der Waals surface area contributed by atoms with Gasteiger partial charge in [-0.1, -0.05) is 26.0 Å². The number of hydrazine groups is 1. The Kier molecular flexibility index (Phi) is 4.47. The van der Waals surface area contributed by atoms with E-state index >= 15 is 0 Å². The molecule has 0 unspecified atom stereocenters. The molecule has 0 aliphatic heterocycles. The van der Waals surface area contributed by atoms with Gasteiger partial charge in [-0.3, -0.25) is 10.2 Å². The van der Waals surface area contributed by atoms with Gasteiger partial charge in [-0.25, -0.2) is 15.5 Å². The van der Waals surface area contributed by atoms with Crippen LogP contribution in [-0.4, -0.2) is 20.7 Å². The molecule has 3 N–H and O–H groups in total. The average molecular weight is 273 g/mol. The van der Waals surface area contributed by atoms with E-state index in [4.69, 9.17) is 5.84 Å². The third kappa shape index (κ3) is 3.03. The fraction of sp³-hybridized carbons (Fsp3) is 0.357. The quantitative estimate of drug-likeness (QED) is 0.484. The Morgan fingerprint density at radius 2 is 1.95 bits per heavy atom. The van der Waals surface area contributed by atoms with Crippen molar-refractivity contribution in [3.8, 4) is 0 Å². The van der Waals surface area contributed by atoms with E-state index in [1.54, 1.807) is 12.1 Å². The lowest BCUT2D eigenvalue weighted by atomic mass is 10.1. The first-order valence-electron chi connectivity index (χ1n) is 6.70. The lowest BCUT2D eigenvalue weighted by Gasteiger charge is -2.06. The summed E-state index contributed by atoms with van der Waals surface area (Å²) in [6, 6.07) is 7.30. The number of nitrogens with zero attached hydrogens (tertiary/aromatic N) is 3. The van der Waals surface area contributed by atoms with E-state index in [2.05, 4.69) is 22.4 Å². The molecule has 1 aromatic heterocycles. The summed E-state index contributed by atoms with van der Waals surface area (Å²) in [5.74, 6) is 6.65. The Hall–Kier alpha value is -2.21. The second-order valence-electron chi connectivity index (χ2n) is 4.48. The van der Waals surface area contributed by atoms with Crippen LogP contribution in [0.3, 0.4) is 0 Å². The zero-order valence-electron chi connectivity index (χ0n) is 11.8. The molecule has 1 aromatic carbocycles. The molecule has 0 aliphatic carbocycles. The van der Waals surface area contributed by atoms with Crippen molar-refractivity contribution in [3.63, 3.8) is 0 Å². The average Bonchev–Trinajstić information content (AvgIpc) is 2.89. The molecule has 1 amide bonds. The second kappa shape index (κ2) is 6.29. The number of benzene rings is 1. The van der Waals surface area contributed by atoms with Gasteiger partial charge in [0, 0.05) is 18.4 Å². The number of hydrogen-bond acceptors (Lipinski definition) is 4. The van der Waals surface area contributed by atoms with Gasteiger partial charge < -0.3 is 0 Å². The van der Waals surface area contributed by atoms with E-state index < -0.39 is 0 Å². The van der Waals surface area contributed by atoms with Crippen LogP contribution < -0.4 is 11.3 Å². The fourth-order valence-corrected chi connectivity index (χ4v) is 1.98. The third-order valence-electron chi connectivity index (χ3n) is 3.10. The van der Waals surface area contributed by atoms with Crippen LogP contribution in [-0.2, 0) is 19.4 Å². The first kappa shape index (κ1) is 14.2. The van der Waals surface area contributed by atoms with Crippen LogP contribution in [0.5, 0.6) is 0 Å². The first-order chi connectivity index (χ1) is 9.67. The number of amides is 1. The van der Waals surface area contributed by atoms with Crippen molar-refractivity contribution in [1.29, 1.82) is 0 Å². The SMILES string of the molecule is CCc1nc(CC)n(Cc2ccc(C(=O)NN)cc2)n1. The first-order valence-corrected chi connectivity index (χ1v) is 6.70. The zero-order chi connectivity index (χ0) is 14.5. The van der Waals surface area contributed by atoms with E-state index in [1.807, 2.05) is 23.7 Å². The number of nitrogens with two attached hydrogens (primary N) is 1. The lowest BCUT2D eigenvalue weighted by Crippen LogP contribution is -2.29. The highest BCUT2D eigenvalue weighted by Crippen LogP contribution is 2.09. The van der Waals surface area contributed by atoms with Gasteiger partial charge in [0.15, 0.2) is 5.82 Å². The second-order valence-corrected chi connectivity index (χ2v) is 4.48. The van der Waals surface area contributed by atoms with Gasteiger partial charge in [0.2, 0.25) is 0 Å². The number of aryl methyl sites for hydroxylation is 2. The zero-order valence-corrected chi connectivity index (χ0v) is 11.8. The Labute approximate surface area is 118 Å². The highest BCUT2D eigenvalue weighted by molar-refractivity contribution is 5.93. The maximum atomic E-state index is 11.4. The number of nitrogens with one attached hydrogen (secondary N) is 1. The minimum absolute atomic E-state index is 0.292. The maximum Gasteiger partial charge on any atom is 0.265 e. The molecule has 0 aliphatic rings. The lowest BCUT2D eigenvalue weighted by molar-refractivity contribution is 0.0953. The number of nitrogen functional groups attached to an aromatic ring is 1.